The Morgan fingerprint density at radius 3 is 2.56 bits per heavy atom. The molecule has 18 heavy (non-hydrogen) atoms. The summed E-state index contributed by atoms with van der Waals surface area (Å²) in [4.78, 5) is 12.5. The molecule has 1 aromatic carbocycles. The molecule has 98 valence electrons. The Kier molecular flexibility index (Phi) is 4.47. The molecule has 0 fully saturated rings. The van der Waals surface area contributed by atoms with E-state index in [1.54, 1.807) is 12.1 Å². The van der Waals surface area contributed by atoms with Gasteiger partial charge in [0.1, 0.15) is 5.69 Å². The fraction of sp³-hybridized carbons (Fsp3) is 0.364. The predicted molar refractivity (Wildman–Crippen MR) is 69.2 cm³/mol. The second-order valence-corrected chi connectivity index (χ2v) is 3.62. The molecule has 0 bridgehead atoms. The number of nitrogens with two attached hydrogens (primary N) is 1. The van der Waals surface area contributed by atoms with Gasteiger partial charge in [-0.15, -0.1) is 0 Å². The van der Waals surface area contributed by atoms with Crippen LogP contribution in [0.2, 0.25) is 0 Å². The van der Waals surface area contributed by atoms with Crippen LogP contribution in [-0.4, -0.2) is 29.1 Å². The summed E-state index contributed by atoms with van der Waals surface area (Å²) in [7, 11) is 0. The molecule has 1 aromatic rings. The number of hydrogen-bond donors (Lipinski definition) is 2. The number of hydrogen-bond acceptors (Lipinski definition) is 5. The Morgan fingerprint density at radius 1 is 1.50 bits per heavy atom. The number of oxime groups is 1. The lowest BCUT2D eigenvalue weighted by Gasteiger charge is -2.20. The van der Waals surface area contributed by atoms with Crippen LogP contribution in [0.4, 0.5) is 11.4 Å². The molecule has 7 nitrogen and oxygen atoms in total. The van der Waals surface area contributed by atoms with E-state index in [-0.39, 0.29) is 11.5 Å². The van der Waals surface area contributed by atoms with Crippen LogP contribution in [0.15, 0.2) is 23.4 Å². The molecule has 0 atom stereocenters. The SMILES string of the molecule is CCN(CC)c1ccc(C(N)=NO)cc1[N+](=O)[O-]. The molecule has 0 aliphatic heterocycles. The fourth-order valence-corrected chi connectivity index (χ4v) is 1.72. The lowest BCUT2D eigenvalue weighted by atomic mass is 10.1. The maximum Gasteiger partial charge on any atom is 0.293 e. The molecule has 0 amide bonds. The summed E-state index contributed by atoms with van der Waals surface area (Å²) in [5, 5.41) is 22.5. The summed E-state index contributed by atoms with van der Waals surface area (Å²) in [6, 6.07) is 4.51. The van der Waals surface area contributed by atoms with Gasteiger partial charge in [-0.05, 0) is 26.0 Å². The van der Waals surface area contributed by atoms with Gasteiger partial charge in [-0.2, -0.15) is 0 Å². The van der Waals surface area contributed by atoms with Crippen LogP contribution >= 0.6 is 0 Å². The maximum atomic E-state index is 11.1. The van der Waals surface area contributed by atoms with Crippen LogP contribution < -0.4 is 10.6 Å². The molecule has 0 heterocycles. The zero-order valence-corrected chi connectivity index (χ0v) is 10.3. The number of amidine groups is 1. The van der Waals surface area contributed by atoms with Crippen LogP contribution in [0, 0.1) is 10.1 Å². The molecule has 0 aliphatic carbocycles. The molecular weight excluding hydrogens is 236 g/mol. The Morgan fingerprint density at radius 2 is 2.11 bits per heavy atom. The smallest absolute Gasteiger partial charge is 0.293 e. The fourth-order valence-electron chi connectivity index (χ4n) is 1.72. The van der Waals surface area contributed by atoms with Crippen molar-refractivity contribution in [1.82, 2.24) is 0 Å². The minimum Gasteiger partial charge on any atom is -0.409 e. The van der Waals surface area contributed by atoms with Crippen molar-refractivity contribution < 1.29 is 10.1 Å². The lowest BCUT2D eigenvalue weighted by molar-refractivity contribution is -0.384. The Labute approximate surface area is 105 Å². The highest BCUT2D eigenvalue weighted by atomic mass is 16.6. The molecule has 0 aromatic heterocycles. The van der Waals surface area contributed by atoms with Crippen molar-refractivity contribution in [2.24, 2.45) is 10.9 Å². The van der Waals surface area contributed by atoms with Crippen molar-refractivity contribution in [2.45, 2.75) is 13.8 Å². The minimum absolute atomic E-state index is 0.0530. The first-order valence-corrected chi connectivity index (χ1v) is 5.56. The number of rotatable bonds is 5. The van der Waals surface area contributed by atoms with Crippen LogP contribution in [0.3, 0.4) is 0 Å². The molecule has 0 saturated carbocycles. The molecule has 0 radical (unpaired) electrons. The number of anilines is 1. The van der Waals surface area contributed by atoms with E-state index in [1.807, 2.05) is 18.7 Å². The Balaban J connectivity index is 3.33. The van der Waals surface area contributed by atoms with Crippen molar-refractivity contribution in [3.63, 3.8) is 0 Å². The summed E-state index contributed by atoms with van der Waals surface area (Å²) in [5.74, 6) is -0.149. The van der Waals surface area contributed by atoms with Crippen LogP contribution in [0.1, 0.15) is 19.4 Å². The highest BCUT2D eigenvalue weighted by Crippen LogP contribution is 2.29. The van der Waals surface area contributed by atoms with Gasteiger partial charge >= 0.3 is 0 Å². The van der Waals surface area contributed by atoms with Crippen LogP contribution in [0.25, 0.3) is 0 Å². The maximum absolute atomic E-state index is 11.1. The average molecular weight is 252 g/mol. The average Bonchev–Trinajstić information content (AvgIpc) is 2.39. The topological polar surface area (TPSA) is 105 Å². The first-order chi connectivity index (χ1) is 8.54. The second kappa shape index (κ2) is 5.85. The van der Waals surface area contributed by atoms with E-state index in [1.165, 1.54) is 6.07 Å². The van der Waals surface area contributed by atoms with Gasteiger partial charge in [0.2, 0.25) is 0 Å². The summed E-state index contributed by atoms with van der Waals surface area (Å²) in [6.45, 7) is 5.18. The largest absolute Gasteiger partial charge is 0.409 e. The van der Waals surface area contributed by atoms with Crippen molar-refractivity contribution in [3.8, 4) is 0 Å². The van der Waals surface area contributed by atoms with Crippen LogP contribution in [0.5, 0.6) is 0 Å². The molecule has 0 saturated heterocycles. The van der Waals surface area contributed by atoms with Gasteiger partial charge in [-0.25, -0.2) is 0 Å². The third kappa shape index (κ3) is 2.68. The zero-order valence-electron chi connectivity index (χ0n) is 10.3. The standard InChI is InChI=1S/C11H16N4O3/c1-3-14(4-2)9-6-5-8(11(12)13-16)7-10(9)15(17)18/h5-7,16H,3-4H2,1-2H3,(H2,12,13). The first kappa shape index (κ1) is 13.8. The summed E-state index contributed by atoms with van der Waals surface area (Å²) in [5.41, 5.74) is 6.21. The third-order valence-corrected chi connectivity index (χ3v) is 2.68. The Hall–Kier alpha value is -2.31. The monoisotopic (exact) mass is 252 g/mol. The number of benzene rings is 1. The van der Waals surface area contributed by atoms with Gasteiger partial charge in [0, 0.05) is 24.7 Å². The van der Waals surface area contributed by atoms with Gasteiger partial charge in [-0.3, -0.25) is 10.1 Å². The summed E-state index contributed by atoms with van der Waals surface area (Å²) >= 11 is 0. The van der Waals surface area contributed by atoms with E-state index in [2.05, 4.69) is 5.16 Å². The van der Waals surface area contributed by atoms with Crippen molar-refractivity contribution in [3.05, 3.63) is 33.9 Å². The van der Waals surface area contributed by atoms with E-state index >= 15 is 0 Å². The highest BCUT2D eigenvalue weighted by molar-refractivity contribution is 5.98. The molecule has 0 aliphatic rings. The molecule has 1 rings (SSSR count). The van der Waals surface area contributed by atoms with E-state index < -0.39 is 4.92 Å². The summed E-state index contributed by atoms with van der Waals surface area (Å²) in [6.07, 6.45) is 0. The highest BCUT2D eigenvalue weighted by Gasteiger charge is 2.19. The van der Waals surface area contributed by atoms with E-state index in [9.17, 15) is 10.1 Å². The quantitative estimate of drug-likeness (QED) is 0.272. The second-order valence-electron chi connectivity index (χ2n) is 3.62. The van der Waals surface area contributed by atoms with E-state index in [0.29, 0.717) is 24.3 Å². The van der Waals surface area contributed by atoms with Crippen molar-refractivity contribution >= 4 is 17.2 Å². The van der Waals surface area contributed by atoms with Gasteiger partial charge in [0.05, 0.1) is 4.92 Å². The molecular formula is C11H16N4O3. The normalized spacial score (nSPS) is 11.3. The van der Waals surface area contributed by atoms with Crippen molar-refractivity contribution in [1.29, 1.82) is 0 Å². The summed E-state index contributed by atoms with van der Waals surface area (Å²) < 4.78 is 0. The molecule has 0 unspecified atom stereocenters. The lowest BCUT2D eigenvalue weighted by Crippen LogP contribution is -2.23. The molecule has 0 spiro atoms. The predicted octanol–water partition coefficient (Wildman–Crippen LogP) is 1.54. The first-order valence-electron chi connectivity index (χ1n) is 5.56. The third-order valence-electron chi connectivity index (χ3n) is 2.68. The number of nitrogens with zero attached hydrogens (tertiary/aromatic N) is 3. The number of nitro groups is 1. The minimum atomic E-state index is -0.470. The van der Waals surface area contributed by atoms with Gasteiger partial charge in [0.25, 0.3) is 5.69 Å². The Bertz CT molecular complexity index is 469. The molecule has 7 heteroatoms. The zero-order chi connectivity index (χ0) is 13.7. The van der Waals surface area contributed by atoms with E-state index in [4.69, 9.17) is 10.9 Å². The van der Waals surface area contributed by atoms with Crippen LogP contribution in [-0.2, 0) is 0 Å². The van der Waals surface area contributed by atoms with Gasteiger partial charge < -0.3 is 15.8 Å². The van der Waals surface area contributed by atoms with E-state index in [0.717, 1.165) is 0 Å². The van der Waals surface area contributed by atoms with Crippen molar-refractivity contribution in [2.75, 3.05) is 18.0 Å². The van der Waals surface area contributed by atoms with Gasteiger partial charge in [0.15, 0.2) is 5.84 Å². The molecule has 3 N–H and O–H groups in total. The van der Waals surface area contributed by atoms with Gasteiger partial charge in [-0.1, -0.05) is 5.16 Å². The number of nitro benzene ring substituents is 1.